The highest BCUT2D eigenvalue weighted by Gasteiger charge is 2.11. The summed E-state index contributed by atoms with van der Waals surface area (Å²) in [5.41, 5.74) is 0. The third-order valence-electron chi connectivity index (χ3n) is 1.39. The maximum absolute atomic E-state index is 10.4. The van der Waals surface area contributed by atoms with Crippen LogP contribution in [0.4, 0.5) is 0 Å². The van der Waals surface area contributed by atoms with Crippen molar-refractivity contribution in [3.8, 4) is 0 Å². The summed E-state index contributed by atoms with van der Waals surface area (Å²) in [4.78, 5) is 10.4. The van der Waals surface area contributed by atoms with E-state index in [9.17, 15) is 4.79 Å². The Morgan fingerprint density at radius 3 is 1.75 bits per heavy atom. The Labute approximate surface area is 55.9 Å². The van der Waals surface area contributed by atoms with E-state index >= 15 is 0 Å². The van der Waals surface area contributed by atoms with Crippen molar-refractivity contribution in [1.82, 2.24) is 0 Å². The van der Waals surface area contributed by atoms with E-state index in [0.717, 1.165) is 0 Å². The van der Waals surface area contributed by atoms with Crippen LogP contribution in [0.25, 0.3) is 0 Å². The second kappa shape index (κ2) is 3.13. The molecule has 0 aliphatic carbocycles. The third kappa shape index (κ3) is 2.36. The zero-order valence-corrected chi connectivity index (χ0v) is 6.40. The van der Waals surface area contributed by atoms with Crippen LogP contribution in [0.3, 0.4) is 0 Å². The van der Waals surface area contributed by atoms with Crippen molar-refractivity contribution in [2.75, 3.05) is 0 Å². The molecule has 0 radical (unpaired) electrons. The standard InChI is InChI=1S/C6H12OS/c1-4(2)5(3)6(7)8/h4-5H,1-3H3,(H,7,8)/t5-/m0/s1. The van der Waals surface area contributed by atoms with Crippen LogP contribution in [-0.4, -0.2) is 5.12 Å². The summed E-state index contributed by atoms with van der Waals surface area (Å²) in [7, 11) is 0. The first-order valence-corrected chi connectivity index (χ1v) is 3.23. The number of carbonyl (C=O) groups is 1. The van der Waals surface area contributed by atoms with Gasteiger partial charge in [-0.2, -0.15) is 0 Å². The smallest absolute Gasteiger partial charge is 0.188 e. The maximum Gasteiger partial charge on any atom is 0.188 e. The lowest BCUT2D eigenvalue weighted by atomic mass is 10.0. The molecule has 1 nitrogen and oxygen atoms in total. The predicted octanol–water partition coefficient (Wildman–Crippen LogP) is 1.73. The Hall–Kier alpha value is 0.0200. The second-order valence-electron chi connectivity index (χ2n) is 2.37. The van der Waals surface area contributed by atoms with E-state index in [1.807, 2.05) is 20.8 Å². The van der Waals surface area contributed by atoms with Gasteiger partial charge in [0.2, 0.25) is 0 Å². The quantitative estimate of drug-likeness (QED) is 0.566. The van der Waals surface area contributed by atoms with Gasteiger partial charge in [0.15, 0.2) is 5.12 Å². The van der Waals surface area contributed by atoms with E-state index in [0.29, 0.717) is 5.92 Å². The number of hydrogen-bond acceptors (Lipinski definition) is 1. The topological polar surface area (TPSA) is 17.1 Å². The molecule has 0 fully saturated rings. The lowest BCUT2D eigenvalue weighted by Crippen LogP contribution is -2.10. The summed E-state index contributed by atoms with van der Waals surface area (Å²) in [5.74, 6) is 0.512. The minimum atomic E-state index is -0.0139. The van der Waals surface area contributed by atoms with Crippen molar-refractivity contribution in [3.05, 3.63) is 0 Å². The van der Waals surface area contributed by atoms with Gasteiger partial charge >= 0.3 is 0 Å². The third-order valence-corrected chi connectivity index (χ3v) is 1.80. The fourth-order valence-corrected chi connectivity index (χ4v) is 0.583. The molecular weight excluding hydrogens is 120 g/mol. The number of hydrogen-bond donors (Lipinski definition) is 1. The van der Waals surface area contributed by atoms with Crippen LogP contribution in [0, 0.1) is 11.8 Å². The van der Waals surface area contributed by atoms with Gasteiger partial charge in [-0.05, 0) is 5.92 Å². The number of rotatable bonds is 2. The molecule has 0 aliphatic rings. The maximum atomic E-state index is 10.4. The molecule has 48 valence electrons. The van der Waals surface area contributed by atoms with Gasteiger partial charge in [-0.3, -0.25) is 4.79 Å². The normalized spacial score (nSPS) is 14.1. The lowest BCUT2D eigenvalue weighted by molar-refractivity contribution is -0.114. The summed E-state index contributed by atoms with van der Waals surface area (Å²) in [6.45, 7) is 5.91. The highest BCUT2D eigenvalue weighted by Crippen LogP contribution is 2.11. The Kier molecular flexibility index (Phi) is 3.13. The SMILES string of the molecule is CC(C)[C@H](C)C(=O)S. The second-order valence-corrected chi connectivity index (χ2v) is 2.81. The molecule has 0 aromatic rings. The zero-order chi connectivity index (χ0) is 6.73. The molecule has 0 amide bonds. The largest absolute Gasteiger partial charge is 0.287 e. The van der Waals surface area contributed by atoms with E-state index in [4.69, 9.17) is 0 Å². The van der Waals surface area contributed by atoms with Crippen molar-refractivity contribution in [2.45, 2.75) is 20.8 Å². The highest BCUT2D eigenvalue weighted by atomic mass is 32.1. The van der Waals surface area contributed by atoms with Crippen LogP contribution < -0.4 is 0 Å². The van der Waals surface area contributed by atoms with Gasteiger partial charge < -0.3 is 0 Å². The van der Waals surface area contributed by atoms with Crippen molar-refractivity contribution < 1.29 is 4.79 Å². The van der Waals surface area contributed by atoms with E-state index in [2.05, 4.69) is 12.6 Å². The van der Waals surface area contributed by atoms with Crippen LogP contribution in [0.5, 0.6) is 0 Å². The van der Waals surface area contributed by atoms with Gasteiger partial charge in [-0.15, -0.1) is 12.6 Å². The lowest BCUT2D eigenvalue weighted by Gasteiger charge is -2.08. The minimum absolute atomic E-state index is 0.0139. The highest BCUT2D eigenvalue weighted by molar-refractivity contribution is 7.96. The molecule has 0 unspecified atom stereocenters. The molecule has 2 heteroatoms. The van der Waals surface area contributed by atoms with Crippen LogP contribution >= 0.6 is 12.6 Å². The molecule has 0 aromatic heterocycles. The molecule has 0 saturated carbocycles. The molecule has 0 heterocycles. The van der Waals surface area contributed by atoms with Crippen molar-refractivity contribution in [2.24, 2.45) is 11.8 Å². The first-order valence-electron chi connectivity index (χ1n) is 2.78. The summed E-state index contributed by atoms with van der Waals surface area (Å²) in [6.07, 6.45) is 0. The molecule has 0 N–H and O–H groups in total. The van der Waals surface area contributed by atoms with Gasteiger partial charge in [0, 0.05) is 5.92 Å². The molecule has 0 saturated heterocycles. The van der Waals surface area contributed by atoms with Crippen LogP contribution in [0.1, 0.15) is 20.8 Å². The van der Waals surface area contributed by atoms with Crippen LogP contribution in [-0.2, 0) is 4.79 Å². The molecule has 8 heavy (non-hydrogen) atoms. The first kappa shape index (κ1) is 8.02. The molecule has 1 atom stereocenters. The van der Waals surface area contributed by atoms with Crippen molar-refractivity contribution >= 4 is 17.7 Å². The molecular formula is C6H12OS. The molecule has 0 bridgehead atoms. The summed E-state index contributed by atoms with van der Waals surface area (Å²) < 4.78 is 0. The Balaban J connectivity index is 3.64. The summed E-state index contributed by atoms with van der Waals surface area (Å²) in [6, 6.07) is 0. The predicted molar refractivity (Wildman–Crippen MR) is 38.0 cm³/mol. The van der Waals surface area contributed by atoms with Gasteiger partial charge in [0.25, 0.3) is 0 Å². The fraction of sp³-hybridized carbons (Fsp3) is 0.833. The van der Waals surface area contributed by atoms with Crippen LogP contribution in [0.15, 0.2) is 0 Å². The fourth-order valence-electron chi connectivity index (χ4n) is 0.285. The summed E-state index contributed by atoms with van der Waals surface area (Å²) >= 11 is 3.69. The van der Waals surface area contributed by atoms with E-state index in [1.54, 1.807) is 0 Å². The van der Waals surface area contributed by atoms with E-state index in [1.165, 1.54) is 0 Å². The Morgan fingerprint density at radius 2 is 1.75 bits per heavy atom. The molecule has 0 aliphatic heterocycles. The minimum Gasteiger partial charge on any atom is -0.287 e. The molecule has 0 aromatic carbocycles. The monoisotopic (exact) mass is 132 g/mol. The van der Waals surface area contributed by atoms with E-state index < -0.39 is 0 Å². The van der Waals surface area contributed by atoms with Crippen LogP contribution in [0.2, 0.25) is 0 Å². The first-order chi connectivity index (χ1) is 3.55. The summed E-state index contributed by atoms with van der Waals surface area (Å²) in [5, 5.41) is -0.0139. The number of thiol groups is 1. The van der Waals surface area contributed by atoms with Gasteiger partial charge in [-0.1, -0.05) is 20.8 Å². The number of carbonyl (C=O) groups excluding carboxylic acids is 1. The van der Waals surface area contributed by atoms with Gasteiger partial charge in [-0.25, -0.2) is 0 Å². The van der Waals surface area contributed by atoms with Gasteiger partial charge in [0.05, 0.1) is 0 Å². The molecule has 0 spiro atoms. The Morgan fingerprint density at radius 1 is 1.38 bits per heavy atom. The van der Waals surface area contributed by atoms with Gasteiger partial charge in [0.1, 0.15) is 0 Å². The zero-order valence-electron chi connectivity index (χ0n) is 5.51. The Bertz CT molecular complexity index is 88.5. The van der Waals surface area contributed by atoms with Crippen molar-refractivity contribution in [1.29, 1.82) is 0 Å². The average molecular weight is 132 g/mol. The van der Waals surface area contributed by atoms with Crippen molar-refractivity contribution in [3.63, 3.8) is 0 Å². The molecule has 0 rings (SSSR count). The average Bonchev–Trinajstić information content (AvgIpc) is 1.64. The van der Waals surface area contributed by atoms with E-state index in [-0.39, 0.29) is 11.0 Å².